The molecule has 1 aromatic heterocycles. The molecular weight excluding hydrogens is 278 g/mol. The number of nitriles is 1. The van der Waals surface area contributed by atoms with Gasteiger partial charge in [-0.25, -0.2) is 0 Å². The van der Waals surface area contributed by atoms with Crippen LogP contribution in [0.1, 0.15) is 21.6 Å². The Morgan fingerprint density at radius 3 is 2.68 bits per heavy atom. The zero-order chi connectivity index (χ0) is 15.9. The van der Waals surface area contributed by atoms with Crippen molar-refractivity contribution in [2.45, 2.75) is 0 Å². The van der Waals surface area contributed by atoms with Gasteiger partial charge in [0.15, 0.2) is 5.78 Å². The van der Waals surface area contributed by atoms with Gasteiger partial charge in [-0.3, -0.25) is 4.79 Å². The van der Waals surface area contributed by atoms with E-state index in [1.165, 1.54) is 13.3 Å². The molecule has 110 valence electrons. The SMILES string of the molecule is CON=C/C(C#N)=C/c1cc(C(=O)c2ccccc2)cn1C. The molecule has 5 heteroatoms. The summed E-state index contributed by atoms with van der Waals surface area (Å²) in [5.74, 6) is -0.0556. The van der Waals surface area contributed by atoms with Crippen molar-refractivity contribution in [1.82, 2.24) is 4.57 Å². The number of ketones is 1. The predicted molar refractivity (Wildman–Crippen MR) is 84.4 cm³/mol. The van der Waals surface area contributed by atoms with Gasteiger partial charge in [0.1, 0.15) is 13.2 Å². The topological polar surface area (TPSA) is 67.4 Å². The quantitative estimate of drug-likeness (QED) is 0.368. The van der Waals surface area contributed by atoms with Crippen molar-refractivity contribution in [1.29, 1.82) is 5.26 Å². The maximum Gasteiger partial charge on any atom is 0.194 e. The highest BCUT2D eigenvalue weighted by atomic mass is 16.6. The van der Waals surface area contributed by atoms with Crippen LogP contribution in [-0.2, 0) is 11.9 Å². The molecular formula is C17H15N3O2. The largest absolute Gasteiger partial charge is 0.399 e. The monoisotopic (exact) mass is 293 g/mol. The van der Waals surface area contributed by atoms with Gasteiger partial charge in [0.2, 0.25) is 0 Å². The fourth-order valence-corrected chi connectivity index (χ4v) is 1.97. The minimum atomic E-state index is -0.0556. The molecule has 2 rings (SSSR count). The smallest absolute Gasteiger partial charge is 0.194 e. The second-order valence-corrected chi connectivity index (χ2v) is 4.59. The average Bonchev–Trinajstić information content (AvgIpc) is 2.92. The molecule has 0 unspecified atom stereocenters. The van der Waals surface area contributed by atoms with Crippen molar-refractivity contribution in [3.63, 3.8) is 0 Å². The summed E-state index contributed by atoms with van der Waals surface area (Å²) >= 11 is 0. The number of carbonyl (C=O) groups is 1. The number of oxime groups is 1. The molecule has 0 saturated heterocycles. The normalized spacial score (nSPS) is 11.4. The third kappa shape index (κ3) is 3.49. The van der Waals surface area contributed by atoms with Gasteiger partial charge in [0, 0.05) is 30.1 Å². The Labute approximate surface area is 128 Å². The van der Waals surface area contributed by atoms with Crippen LogP contribution in [0.2, 0.25) is 0 Å². The zero-order valence-electron chi connectivity index (χ0n) is 12.4. The van der Waals surface area contributed by atoms with Crippen molar-refractivity contribution < 1.29 is 9.63 Å². The molecule has 5 nitrogen and oxygen atoms in total. The molecule has 2 aromatic rings. The van der Waals surface area contributed by atoms with E-state index in [1.54, 1.807) is 35.0 Å². The number of carbonyl (C=O) groups excluding carboxylic acids is 1. The number of rotatable bonds is 5. The van der Waals surface area contributed by atoms with Crippen LogP contribution in [-0.4, -0.2) is 23.7 Å². The van der Waals surface area contributed by atoms with E-state index >= 15 is 0 Å². The molecule has 0 radical (unpaired) electrons. The van der Waals surface area contributed by atoms with Gasteiger partial charge in [-0.1, -0.05) is 35.5 Å². The first-order chi connectivity index (χ1) is 10.7. The maximum atomic E-state index is 12.4. The van der Waals surface area contributed by atoms with Crippen molar-refractivity contribution in [3.05, 3.63) is 65.0 Å². The van der Waals surface area contributed by atoms with Crippen LogP contribution in [0.15, 0.2) is 53.3 Å². The minimum absolute atomic E-state index is 0.0556. The van der Waals surface area contributed by atoms with Gasteiger partial charge < -0.3 is 9.40 Å². The zero-order valence-corrected chi connectivity index (χ0v) is 12.4. The van der Waals surface area contributed by atoms with E-state index < -0.39 is 0 Å². The summed E-state index contributed by atoms with van der Waals surface area (Å²) < 4.78 is 1.79. The third-order valence-corrected chi connectivity index (χ3v) is 3.07. The van der Waals surface area contributed by atoms with Crippen LogP contribution in [0.3, 0.4) is 0 Å². The molecule has 0 amide bonds. The number of nitrogens with zero attached hydrogens (tertiary/aromatic N) is 3. The number of aromatic nitrogens is 1. The predicted octanol–water partition coefficient (Wildman–Crippen LogP) is 2.80. The summed E-state index contributed by atoms with van der Waals surface area (Å²) in [6.07, 6.45) is 4.71. The summed E-state index contributed by atoms with van der Waals surface area (Å²) in [6.45, 7) is 0. The van der Waals surface area contributed by atoms with E-state index in [0.29, 0.717) is 16.7 Å². The lowest BCUT2D eigenvalue weighted by Gasteiger charge is -1.96. The van der Waals surface area contributed by atoms with Crippen LogP contribution in [0.5, 0.6) is 0 Å². The van der Waals surface area contributed by atoms with Crippen LogP contribution >= 0.6 is 0 Å². The Kier molecular flexibility index (Phi) is 4.89. The van der Waals surface area contributed by atoms with E-state index in [1.807, 2.05) is 31.3 Å². The summed E-state index contributed by atoms with van der Waals surface area (Å²) in [5, 5.41) is 12.6. The molecule has 0 aliphatic heterocycles. The van der Waals surface area contributed by atoms with Crippen LogP contribution in [0.4, 0.5) is 0 Å². The molecule has 0 saturated carbocycles. The first-order valence-corrected chi connectivity index (χ1v) is 6.60. The summed E-state index contributed by atoms with van der Waals surface area (Å²) in [7, 11) is 3.22. The number of benzene rings is 1. The first-order valence-electron chi connectivity index (χ1n) is 6.60. The molecule has 0 aliphatic carbocycles. The van der Waals surface area contributed by atoms with Gasteiger partial charge in [-0.2, -0.15) is 5.26 Å². The average molecular weight is 293 g/mol. The van der Waals surface area contributed by atoms with Crippen molar-refractivity contribution in [3.8, 4) is 6.07 Å². The highest BCUT2D eigenvalue weighted by Gasteiger charge is 2.12. The first kappa shape index (κ1) is 15.3. The molecule has 1 aromatic carbocycles. The summed E-state index contributed by atoms with van der Waals surface area (Å²) in [4.78, 5) is 17.0. The van der Waals surface area contributed by atoms with E-state index in [4.69, 9.17) is 5.26 Å². The molecule has 1 heterocycles. The van der Waals surface area contributed by atoms with E-state index in [2.05, 4.69) is 9.99 Å². The number of allylic oxidation sites excluding steroid dienone is 1. The van der Waals surface area contributed by atoms with Crippen molar-refractivity contribution in [2.24, 2.45) is 12.2 Å². The second-order valence-electron chi connectivity index (χ2n) is 4.59. The lowest BCUT2D eigenvalue weighted by atomic mass is 10.1. The molecule has 0 aliphatic rings. The number of aryl methyl sites for hydroxylation is 1. The fourth-order valence-electron chi connectivity index (χ4n) is 1.97. The van der Waals surface area contributed by atoms with Crippen LogP contribution < -0.4 is 0 Å². The molecule has 0 fully saturated rings. The van der Waals surface area contributed by atoms with Crippen LogP contribution in [0.25, 0.3) is 6.08 Å². The Hall–Kier alpha value is -3.13. The highest BCUT2D eigenvalue weighted by molar-refractivity contribution is 6.09. The lowest BCUT2D eigenvalue weighted by molar-refractivity contribution is 0.103. The summed E-state index contributed by atoms with van der Waals surface area (Å²) in [6, 6.07) is 12.8. The lowest BCUT2D eigenvalue weighted by Crippen LogP contribution is -1.99. The maximum absolute atomic E-state index is 12.4. The highest BCUT2D eigenvalue weighted by Crippen LogP contribution is 2.15. The Morgan fingerprint density at radius 1 is 1.32 bits per heavy atom. The minimum Gasteiger partial charge on any atom is -0.399 e. The third-order valence-electron chi connectivity index (χ3n) is 3.07. The van der Waals surface area contributed by atoms with E-state index in [-0.39, 0.29) is 5.78 Å². The van der Waals surface area contributed by atoms with Gasteiger partial charge in [-0.05, 0) is 12.1 Å². The van der Waals surface area contributed by atoms with Gasteiger partial charge in [0.05, 0.1) is 11.8 Å². The summed E-state index contributed by atoms with van der Waals surface area (Å²) in [5.41, 5.74) is 2.27. The number of hydrogen-bond donors (Lipinski definition) is 0. The fraction of sp³-hybridized carbons (Fsp3) is 0.118. The molecule has 0 atom stereocenters. The second kappa shape index (κ2) is 7.04. The molecule has 0 bridgehead atoms. The Morgan fingerprint density at radius 2 is 2.05 bits per heavy atom. The van der Waals surface area contributed by atoms with E-state index in [0.717, 1.165) is 5.69 Å². The number of hydrogen-bond acceptors (Lipinski definition) is 4. The van der Waals surface area contributed by atoms with Gasteiger partial charge in [0.25, 0.3) is 0 Å². The van der Waals surface area contributed by atoms with Crippen LogP contribution in [0, 0.1) is 11.3 Å². The molecule has 0 N–H and O–H groups in total. The van der Waals surface area contributed by atoms with Gasteiger partial charge >= 0.3 is 0 Å². The standard InChI is InChI=1S/C17H15N3O2/c1-20-12-15(17(21)14-6-4-3-5-7-14)9-16(20)8-13(10-18)11-19-22-2/h3-9,11-12H,1-2H3/b13-8+,19-11?. The van der Waals surface area contributed by atoms with E-state index in [9.17, 15) is 4.79 Å². The Balaban J connectivity index is 2.33. The Bertz CT molecular complexity index is 765. The molecule has 22 heavy (non-hydrogen) atoms. The molecule has 0 spiro atoms. The van der Waals surface area contributed by atoms with Crippen molar-refractivity contribution in [2.75, 3.05) is 7.11 Å². The van der Waals surface area contributed by atoms with Gasteiger partial charge in [-0.15, -0.1) is 0 Å². The van der Waals surface area contributed by atoms with Crippen molar-refractivity contribution >= 4 is 18.1 Å².